The van der Waals surface area contributed by atoms with E-state index in [4.69, 9.17) is 16.3 Å². The standard InChI is InChI=1S/C13H12BrClOS/c1-16-11-7-13(17-8-11)12(15)6-9-2-4-10(14)5-3-9/h2-5,7-8,12H,6H2,1H3. The fourth-order valence-corrected chi connectivity index (χ4v) is 3.03. The predicted octanol–water partition coefficient (Wildman–Crippen LogP) is 5.04. The number of methoxy groups -OCH3 is 1. The molecule has 1 aromatic carbocycles. The highest BCUT2D eigenvalue weighted by Crippen LogP contribution is 2.33. The molecule has 0 aliphatic carbocycles. The zero-order chi connectivity index (χ0) is 12.3. The van der Waals surface area contributed by atoms with Gasteiger partial charge in [0.15, 0.2) is 0 Å². The van der Waals surface area contributed by atoms with Gasteiger partial charge in [-0.15, -0.1) is 22.9 Å². The second-order valence-corrected chi connectivity index (χ2v) is 6.07. The topological polar surface area (TPSA) is 9.23 Å². The number of alkyl halides is 1. The lowest BCUT2D eigenvalue weighted by molar-refractivity contribution is 0.416. The van der Waals surface area contributed by atoms with Crippen LogP contribution in [-0.4, -0.2) is 7.11 Å². The minimum atomic E-state index is 0.00470. The van der Waals surface area contributed by atoms with Gasteiger partial charge in [0.25, 0.3) is 0 Å². The van der Waals surface area contributed by atoms with Crippen LogP contribution in [-0.2, 0) is 6.42 Å². The summed E-state index contributed by atoms with van der Waals surface area (Å²) in [6, 6.07) is 10.2. The summed E-state index contributed by atoms with van der Waals surface area (Å²) in [5.74, 6) is 0.881. The highest BCUT2D eigenvalue weighted by Gasteiger charge is 2.12. The molecule has 1 atom stereocenters. The summed E-state index contributed by atoms with van der Waals surface area (Å²) in [5.41, 5.74) is 1.24. The van der Waals surface area contributed by atoms with Crippen LogP contribution in [0.2, 0.25) is 0 Å². The van der Waals surface area contributed by atoms with Gasteiger partial charge in [-0.3, -0.25) is 0 Å². The molecule has 0 saturated heterocycles. The molecule has 0 saturated carbocycles. The van der Waals surface area contributed by atoms with Crippen molar-refractivity contribution in [1.29, 1.82) is 0 Å². The molecule has 0 aliphatic heterocycles. The van der Waals surface area contributed by atoms with Crippen molar-refractivity contribution in [2.75, 3.05) is 7.11 Å². The molecule has 0 fully saturated rings. The Hall–Kier alpha value is -0.510. The van der Waals surface area contributed by atoms with Crippen LogP contribution in [0.3, 0.4) is 0 Å². The van der Waals surface area contributed by atoms with Crippen molar-refractivity contribution in [1.82, 2.24) is 0 Å². The van der Waals surface area contributed by atoms with Crippen molar-refractivity contribution >= 4 is 38.9 Å². The van der Waals surface area contributed by atoms with Crippen LogP contribution >= 0.6 is 38.9 Å². The zero-order valence-corrected chi connectivity index (χ0v) is 12.5. The number of hydrogen-bond acceptors (Lipinski definition) is 2. The molecule has 0 aliphatic rings. The summed E-state index contributed by atoms with van der Waals surface area (Å²) in [4.78, 5) is 1.14. The van der Waals surface area contributed by atoms with E-state index in [9.17, 15) is 0 Å². The van der Waals surface area contributed by atoms with Crippen LogP contribution in [0.1, 0.15) is 15.8 Å². The van der Waals surface area contributed by atoms with Gasteiger partial charge in [-0.2, -0.15) is 0 Å². The summed E-state index contributed by atoms with van der Waals surface area (Å²) in [7, 11) is 1.67. The van der Waals surface area contributed by atoms with Gasteiger partial charge in [-0.25, -0.2) is 0 Å². The minimum absolute atomic E-state index is 0.00470. The van der Waals surface area contributed by atoms with Crippen LogP contribution in [0.15, 0.2) is 40.2 Å². The van der Waals surface area contributed by atoms with Gasteiger partial charge in [0.05, 0.1) is 12.5 Å². The first kappa shape index (κ1) is 12.9. The molecular formula is C13H12BrClOS. The summed E-state index contributed by atoms with van der Waals surface area (Å²) < 4.78 is 6.24. The lowest BCUT2D eigenvalue weighted by Crippen LogP contribution is -1.93. The number of benzene rings is 1. The average molecular weight is 332 g/mol. The normalized spacial score (nSPS) is 12.4. The lowest BCUT2D eigenvalue weighted by Gasteiger charge is -2.07. The quantitative estimate of drug-likeness (QED) is 0.713. The molecule has 0 amide bonds. The van der Waals surface area contributed by atoms with Crippen LogP contribution in [0.4, 0.5) is 0 Å². The molecule has 0 bridgehead atoms. The maximum atomic E-state index is 6.39. The lowest BCUT2D eigenvalue weighted by atomic mass is 10.1. The molecule has 0 radical (unpaired) electrons. The zero-order valence-electron chi connectivity index (χ0n) is 9.32. The van der Waals surface area contributed by atoms with E-state index in [2.05, 4.69) is 28.1 Å². The van der Waals surface area contributed by atoms with Crippen LogP contribution < -0.4 is 4.74 Å². The van der Waals surface area contributed by atoms with Crippen molar-refractivity contribution in [3.8, 4) is 5.75 Å². The molecule has 2 aromatic rings. The Morgan fingerprint density at radius 1 is 1.35 bits per heavy atom. The van der Waals surface area contributed by atoms with Crippen molar-refractivity contribution in [3.63, 3.8) is 0 Å². The molecule has 1 nitrogen and oxygen atoms in total. The monoisotopic (exact) mass is 330 g/mol. The van der Waals surface area contributed by atoms with E-state index in [0.717, 1.165) is 21.5 Å². The third-order valence-electron chi connectivity index (χ3n) is 2.47. The van der Waals surface area contributed by atoms with E-state index in [1.54, 1.807) is 18.4 Å². The molecule has 1 unspecified atom stereocenters. The Bertz CT molecular complexity index is 480. The first-order valence-corrected chi connectivity index (χ1v) is 7.31. The van der Waals surface area contributed by atoms with Crippen LogP contribution in [0, 0.1) is 0 Å². The summed E-state index contributed by atoms with van der Waals surface area (Å²) in [6.45, 7) is 0. The van der Waals surface area contributed by atoms with E-state index >= 15 is 0 Å². The Morgan fingerprint density at radius 3 is 2.65 bits per heavy atom. The van der Waals surface area contributed by atoms with Gasteiger partial charge >= 0.3 is 0 Å². The Kier molecular flexibility index (Phi) is 4.48. The van der Waals surface area contributed by atoms with Crippen molar-refractivity contribution in [2.24, 2.45) is 0 Å². The molecule has 0 spiro atoms. The largest absolute Gasteiger partial charge is 0.496 e. The third-order valence-corrected chi connectivity index (χ3v) is 4.54. The van der Waals surface area contributed by atoms with Crippen molar-refractivity contribution < 1.29 is 4.74 Å². The SMILES string of the molecule is COc1csc(C(Cl)Cc2ccc(Br)cc2)c1. The third kappa shape index (κ3) is 3.47. The number of thiophene rings is 1. The average Bonchev–Trinajstić information content (AvgIpc) is 2.81. The van der Waals surface area contributed by atoms with E-state index in [1.165, 1.54) is 5.56 Å². The number of ether oxygens (including phenoxy) is 1. The van der Waals surface area contributed by atoms with Gasteiger partial charge in [0, 0.05) is 14.7 Å². The fraction of sp³-hybridized carbons (Fsp3) is 0.231. The Labute approximate surface area is 119 Å². The highest BCUT2D eigenvalue weighted by atomic mass is 79.9. The highest BCUT2D eigenvalue weighted by molar-refractivity contribution is 9.10. The van der Waals surface area contributed by atoms with Crippen LogP contribution in [0.25, 0.3) is 0 Å². The molecule has 90 valence electrons. The maximum absolute atomic E-state index is 6.39. The van der Waals surface area contributed by atoms with E-state index in [-0.39, 0.29) is 5.38 Å². The molecule has 4 heteroatoms. The van der Waals surface area contributed by atoms with Gasteiger partial charge in [0.1, 0.15) is 5.75 Å². The van der Waals surface area contributed by atoms with Crippen molar-refractivity contribution in [3.05, 3.63) is 50.6 Å². The van der Waals surface area contributed by atoms with E-state index in [0.29, 0.717) is 0 Å². The smallest absolute Gasteiger partial charge is 0.129 e. The summed E-state index contributed by atoms with van der Waals surface area (Å²) in [6.07, 6.45) is 0.832. The second-order valence-electron chi connectivity index (χ2n) is 3.69. The van der Waals surface area contributed by atoms with Crippen LogP contribution in [0.5, 0.6) is 5.75 Å². The molecule has 0 N–H and O–H groups in total. The molecule has 1 heterocycles. The number of rotatable bonds is 4. The van der Waals surface area contributed by atoms with Gasteiger partial charge in [-0.05, 0) is 30.2 Å². The first-order chi connectivity index (χ1) is 8.19. The molecule has 17 heavy (non-hydrogen) atoms. The van der Waals surface area contributed by atoms with Crippen molar-refractivity contribution in [2.45, 2.75) is 11.8 Å². The molecular weight excluding hydrogens is 320 g/mol. The summed E-state index contributed by atoms with van der Waals surface area (Å²) >= 11 is 11.5. The van der Waals surface area contributed by atoms with E-state index < -0.39 is 0 Å². The minimum Gasteiger partial charge on any atom is -0.496 e. The Morgan fingerprint density at radius 2 is 2.06 bits per heavy atom. The Balaban J connectivity index is 2.05. The first-order valence-electron chi connectivity index (χ1n) is 5.20. The summed E-state index contributed by atoms with van der Waals surface area (Å²) in [5, 5.41) is 1.98. The fourth-order valence-electron chi connectivity index (χ4n) is 1.53. The molecule has 1 aromatic heterocycles. The number of halogens is 2. The van der Waals surface area contributed by atoms with Gasteiger partial charge in [-0.1, -0.05) is 28.1 Å². The number of hydrogen-bond donors (Lipinski definition) is 0. The van der Waals surface area contributed by atoms with E-state index in [1.807, 2.05) is 23.6 Å². The second kappa shape index (κ2) is 5.89. The predicted molar refractivity (Wildman–Crippen MR) is 77.3 cm³/mol. The molecule has 2 rings (SSSR count). The van der Waals surface area contributed by atoms with Gasteiger partial charge < -0.3 is 4.74 Å². The van der Waals surface area contributed by atoms with Gasteiger partial charge in [0.2, 0.25) is 0 Å². The maximum Gasteiger partial charge on any atom is 0.129 e.